The van der Waals surface area contributed by atoms with Crippen molar-refractivity contribution >= 4 is 23.0 Å². The summed E-state index contributed by atoms with van der Waals surface area (Å²) in [5.41, 5.74) is 0.386. The van der Waals surface area contributed by atoms with E-state index in [1.807, 2.05) is 30.3 Å². The number of carbonyl (C=O) groups is 1. The fourth-order valence-corrected chi connectivity index (χ4v) is 3.24. The number of rotatable bonds is 4. The molecule has 1 amide bonds. The minimum atomic E-state index is -4.49. The van der Waals surface area contributed by atoms with Crippen LogP contribution in [0.2, 0.25) is 0 Å². The molecule has 30 heavy (non-hydrogen) atoms. The van der Waals surface area contributed by atoms with E-state index in [4.69, 9.17) is 0 Å². The van der Waals surface area contributed by atoms with Crippen LogP contribution in [0, 0.1) is 0 Å². The lowest BCUT2D eigenvalue weighted by Gasteiger charge is -2.09. The molecule has 0 saturated heterocycles. The molecule has 2 heterocycles. The van der Waals surface area contributed by atoms with E-state index in [-0.39, 0.29) is 23.4 Å². The minimum Gasteiger partial charge on any atom is -0.322 e. The first kappa shape index (κ1) is 19.6. The molecule has 4 rings (SSSR count). The molecule has 0 atom stereocenters. The standard InChI is InChI=1S/C22H16F3N3O2/c23-22(24,25)19-11-15-8-9-16(12-18(15)27-19)26-20(29)17-7-4-10-28(21(17)30)13-14-5-2-1-3-6-14/h1-10,12H,11,13H2,(H,26,29). The zero-order chi connectivity index (χ0) is 21.3. The van der Waals surface area contributed by atoms with Gasteiger partial charge in [-0.2, -0.15) is 13.2 Å². The number of aromatic nitrogens is 1. The molecule has 0 spiro atoms. The summed E-state index contributed by atoms with van der Waals surface area (Å²) in [7, 11) is 0. The van der Waals surface area contributed by atoms with Gasteiger partial charge < -0.3 is 9.88 Å². The van der Waals surface area contributed by atoms with E-state index < -0.39 is 23.4 Å². The molecule has 2 aromatic carbocycles. The van der Waals surface area contributed by atoms with Crippen LogP contribution in [0.15, 0.2) is 76.6 Å². The minimum absolute atomic E-state index is 0.0617. The Labute approximate surface area is 169 Å². The maximum Gasteiger partial charge on any atom is 0.429 e. The molecule has 1 aromatic heterocycles. The van der Waals surface area contributed by atoms with Crippen molar-refractivity contribution in [2.45, 2.75) is 19.1 Å². The summed E-state index contributed by atoms with van der Waals surface area (Å²) >= 11 is 0. The van der Waals surface area contributed by atoms with Crippen molar-refractivity contribution < 1.29 is 18.0 Å². The molecule has 3 aromatic rings. The van der Waals surface area contributed by atoms with Crippen LogP contribution in [0.25, 0.3) is 0 Å². The molecule has 0 bridgehead atoms. The summed E-state index contributed by atoms with van der Waals surface area (Å²) in [4.78, 5) is 28.9. The van der Waals surface area contributed by atoms with Gasteiger partial charge in [0.2, 0.25) is 0 Å². The number of amides is 1. The average molecular weight is 411 g/mol. The highest BCUT2D eigenvalue weighted by molar-refractivity contribution is 6.05. The van der Waals surface area contributed by atoms with Gasteiger partial charge in [0.1, 0.15) is 11.3 Å². The van der Waals surface area contributed by atoms with Crippen LogP contribution in [0.5, 0.6) is 0 Å². The normalized spacial score (nSPS) is 13.0. The fourth-order valence-electron chi connectivity index (χ4n) is 3.24. The quantitative estimate of drug-likeness (QED) is 0.694. The van der Waals surface area contributed by atoms with Crippen LogP contribution in [-0.4, -0.2) is 22.4 Å². The number of pyridine rings is 1. The molecule has 0 aliphatic carbocycles. The third-order valence-corrected chi connectivity index (χ3v) is 4.74. The van der Waals surface area contributed by atoms with Gasteiger partial charge in [-0.1, -0.05) is 36.4 Å². The third kappa shape index (κ3) is 4.03. The predicted octanol–water partition coefficient (Wildman–Crippen LogP) is 4.34. The Morgan fingerprint density at radius 1 is 1.07 bits per heavy atom. The second-order valence-electron chi connectivity index (χ2n) is 6.87. The lowest BCUT2D eigenvalue weighted by Crippen LogP contribution is -2.29. The van der Waals surface area contributed by atoms with Gasteiger partial charge in [-0.25, -0.2) is 4.99 Å². The number of halogens is 3. The largest absolute Gasteiger partial charge is 0.429 e. The van der Waals surface area contributed by atoms with Crippen molar-refractivity contribution in [1.29, 1.82) is 0 Å². The number of carbonyl (C=O) groups excluding carboxylic acids is 1. The van der Waals surface area contributed by atoms with E-state index in [2.05, 4.69) is 10.3 Å². The molecule has 5 nitrogen and oxygen atoms in total. The van der Waals surface area contributed by atoms with Gasteiger partial charge in [-0.3, -0.25) is 9.59 Å². The molecule has 1 N–H and O–H groups in total. The highest BCUT2D eigenvalue weighted by Gasteiger charge is 2.38. The van der Waals surface area contributed by atoms with Crippen molar-refractivity contribution in [2.75, 3.05) is 5.32 Å². The van der Waals surface area contributed by atoms with E-state index in [1.165, 1.54) is 28.8 Å². The first-order valence-electron chi connectivity index (χ1n) is 9.14. The average Bonchev–Trinajstić information content (AvgIpc) is 3.14. The first-order valence-corrected chi connectivity index (χ1v) is 9.14. The lowest BCUT2D eigenvalue weighted by molar-refractivity contribution is -0.0597. The zero-order valence-electron chi connectivity index (χ0n) is 15.6. The maximum atomic E-state index is 12.9. The highest BCUT2D eigenvalue weighted by atomic mass is 19.4. The molecule has 0 saturated carbocycles. The van der Waals surface area contributed by atoms with E-state index in [1.54, 1.807) is 12.3 Å². The summed E-state index contributed by atoms with van der Waals surface area (Å²) in [5, 5.41) is 2.57. The highest BCUT2D eigenvalue weighted by Crippen LogP contribution is 2.34. The SMILES string of the molecule is O=C(Nc1ccc2c(c1)N=C(C(F)(F)F)C2)c1cccn(Cc2ccccc2)c1=O. The maximum absolute atomic E-state index is 12.9. The number of hydrogen-bond donors (Lipinski definition) is 1. The van der Waals surface area contributed by atoms with Gasteiger partial charge in [0.05, 0.1) is 12.2 Å². The molecule has 0 fully saturated rings. The van der Waals surface area contributed by atoms with Crippen LogP contribution >= 0.6 is 0 Å². The van der Waals surface area contributed by atoms with E-state index in [9.17, 15) is 22.8 Å². The summed E-state index contributed by atoms with van der Waals surface area (Å²) in [6, 6.07) is 16.7. The summed E-state index contributed by atoms with van der Waals surface area (Å²) in [6.45, 7) is 0.314. The first-order chi connectivity index (χ1) is 14.3. The van der Waals surface area contributed by atoms with Crippen LogP contribution < -0.4 is 10.9 Å². The van der Waals surface area contributed by atoms with Crippen molar-refractivity contribution in [1.82, 2.24) is 4.57 Å². The molecule has 0 radical (unpaired) electrons. The smallest absolute Gasteiger partial charge is 0.322 e. The van der Waals surface area contributed by atoms with Gasteiger partial charge in [-0.05, 0) is 35.4 Å². The van der Waals surface area contributed by atoms with Crippen LogP contribution in [-0.2, 0) is 13.0 Å². The van der Waals surface area contributed by atoms with E-state index >= 15 is 0 Å². The van der Waals surface area contributed by atoms with Gasteiger partial charge >= 0.3 is 6.18 Å². The van der Waals surface area contributed by atoms with E-state index in [0.717, 1.165) is 5.56 Å². The number of hydrogen-bond acceptors (Lipinski definition) is 3. The van der Waals surface area contributed by atoms with Crippen molar-refractivity contribution in [3.05, 3.63) is 93.9 Å². The monoisotopic (exact) mass is 411 g/mol. The zero-order valence-corrected chi connectivity index (χ0v) is 15.6. The topological polar surface area (TPSA) is 63.5 Å². The molecule has 1 aliphatic heterocycles. The second-order valence-corrected chi connectivity index (χ2v) is 6.87. The third-order valence-electron chi connectivity index (χ3n) is 4.74. The Kier molecular flexibility index (Phi) is 4.99. The Morgan fingerprint density at radius 2 is 1.83 bits per heavy atom. The lowest BCUT2D eigenvalue weighted by atomic mass is 10.1. The predicted molar refractivity (Wildman–Crippen MR) is 107 cm³/mol. The van der Waals surface area contributed by atoms with Gasteiger partial charge in [0.15, 0.2) is 0 Å². The number of nitrogens with zero attached hydrogens (tertiary/aromatic N) is 2. The second kappa shape index (κ2) is 7.62. The van der Waals surface area contributed by atoms with E-state index in [0.29, 0.717) is 12.1 Å². The van der Waals surface area contributed by atoms with Gasteiger partial charge in [0, 0.05) is 18.3 Å². The molecular weight excluding hydrogens is 395 g/mol. The number of nitrogens with one attached hydrogen (secondary N) is 1. The van der Waals surface area contributed by atoms with Crippen LogP contribution in [0.4, 0.5) is 24.5 Å². The van der Waals surface area contributed by atoms with Crippen molar-refractivity contribution in [3.63, 3.8) is 0 Å². The summed E-state index contributed by atoms with van der Waals surface area (Å²) < 4.78 is 40.0. The number of aliphatic imine (C=N–C) groups is 1. The Hall–Kier alpha value is -3.68. The fraction of sp³-hybridized carbons (Fsp3) is 0.136. The number of anilines is 1. The molecule has 152 valence electrons. The van der Waals surface area contributed by atoms with Gasteiger partial charge in [-0.15, -0.1) is 0 Å². The van der Waals surface area contributed by atoms with Crippen molar-refractivity contribution in [2.24, 2.45) is 4.99 Å². The van der Waals surface area contributed by atoms with Crippen LogP contribution in [0.3, 0.4) is 0 Å². The molecule has 8 heteroatoms. The number of fused-ring (bicyclic) bond motifs is 1. The summed E-state index contributed by atoms with van der Waals surface area (Å²) in [5.74, 6) is -0.639. The molecule has 0 unspecified atom stereocenters. The Bertz CT molecular complexity index is 1200. The summed E-state index contributed by atoms with van der Waals surface area (Å²) in [6.07, 6.45) is -3.19. The van der Waals surface area contributed by atoms with Gasteiger partial charge in [0.25, 0.3) is 11.5 Å². The number of benzene rings is 2. The Balaban J connectivity index is 1.55. The Morgan fingerprint density at radius 3 is 2.57 bits per heavy atom. The van der Waals surface area contributed by atoms with Crippen LogP contribution in [0.1, 0.15) is 21.5 Å². The number of alkyl halides is 3. The van der Waals surface area contributed by atoms with Crippen molar-refractivity contribution in [3.8, 4) is 0 Å². The molecular formula is C22H16F3N3O2. The molecule has 1 aliphatic rings.